The molecule has 0 aliphatic heterocycles. The minimum Gasteiger partial charge on any atom is -0.354 e. The summed E-state index contributed by atoms with van der Waals surface area (Å²) < 4.78 is 3.83. The number of halogens is 1. The molecule has 1 aromatic carbocycles. The molecule has 0 aliphatic rings. The van der Waals surface area contributed by atoms with Crippen LogP contribution < -0.4 is 5.32 Å². The van der Waals surface area contributed by atoms with Gasteiger partial charge in [0.05, 0.1) is 19.0 Å². The first-order valence-corrected chi connectivity index (χ1v) is 8.22. The third kappa shape index (κ3) is 4.26. The van der Waals surface area contributed by atoms with Crippen LogP contribution in [0.3, 0.4) is 0 Å². The highest BCUT2D eigenvalue weighted by Crippen LogP contribution is 2.23. The van der Waals surface area contributed by atoms with Crippen LogP contribution in [-0.4, -0.2) is 26.8 Å². The number of benzene rings is 1. The van der Waals surface area contributed by atoms with Gasteiger partial charge in [-0.3, -0.25) is 9.48 Å². The van der Waals surface area contributed by atoms with E-state index in [1.165, 1.54) is 0 Å². The molecule has 1 amide bonds. The van der Waals surface area contributed by atoms with Gasteiger partial charge in [0, 0.05) is 36.4 Å². The van der Waals surface area contributed by atoms with Gasteiger partial charge < -0.3 is 9.88 Å². The van der Waals surface area contributed by atoms with E-state index in [-0.39, 0.29) is 11.9 Å². The van der Waals surface area contributed by atoms with Crippen LogP contribution in [0, 0.1) is 0 Å². The molecule has 2 aromatic heterocycles. The Morgan fingerprint density at radius 2 is 1.88 bits per heavy atom. The Morgan fingerprint density at radius 3 is 2.54 bits per heavy atom. The largest absolute Gasteiger partial charge is 0.354 e. The number of hydrogen-bond acceptors (Lipinski definition) is 2. The zero-order chi connectivity index (χ0) is 16.8. The number of nitrogens with one attached hydrogen (secondary N) is 1. The van der Waals surface area contributed by atoms with Gasteiger partial charge in [0.15, 0.2) is 0 Å². The molecule has 24 heavy (non-hydrogen) atoms. The highest BCUT2D eigenvalue weighted by Gasteiger charge is 2.17. The lowest BCUT2D eigenvalue weighted by Gasteiger charge is -2.19. The summed E-state index contributed by atoms with van der Waals surface area (Å²) in [5.41, 5.74) is 1.05. The second kappa shape index (κ2) is 7.84. The summed E-state index contributed by atoms with van der Waals surface area (Å²) >= 11 is 5.97. The van der Waals surface area contributed by atoms with Crippen molar-refractivity contribution in [3.05, 3.63) is 77.8 Å². The minimum absolute atomic E-state index is 0.0100. The first-order valence-electron chi connectivity index (χ1n) is 7.84. The Hall–Kier alpha value is -2.53. The van der Waals surface area contributed by atoms with Gasteiger partial charge in [0.25, 0.3) is 0 Å². The number of hydrogen-bond donors (Lipinski definition) is 1. The van der Waals surface area contributed by atoms with E-state index >= 15 is 0 Å². The molecule has 0 saturated heterocycles. The zero-order valence-electron chi connectivity index (χ0n) is 13.2. The Bertz CT molecular complexity index is 751. The van der Waals surface area contributed by atoms with Crippen molar-refractivity contribution in [1.29, 1.82) is 0 Å². The van der Waals surface area contributed by atoms with Crippen LogP contribution in [0.5, 0.6) is 0 Å². The predicted octanol–water partition coefficient (Wildman–Crippen LogP) is 3.13. The topological polar surface area (TPSA) is 51.9 Å². The lowest BCUT2D eigenvalue weighted by atomic mass is 10.0. The number of amides is 1. The second-order valence-corrected chi connectivity index (χ2v) is 5.96. The van der Waals surface area contributed by atoms with Crippen molar-refractivity contribution in [2.75, 3.05) is 6.54 Å². The Morgan fingerprint density at radius 1 is 1.12 bits per heavy atom. The number of nitrogens with zero attached hydrogens (tertiary/aromatic N) is 3. The average Bonchev–Trinajstić information content (AvgIpc) is 3.27. The molecule has 0 radical (unpaired) electrons. The predicted molar refractivity (Wildman–Crippen MR) is 93.9 cm³/mol. The maximum Gasteiger partial charge on any atom is 0.222 e. The summed E-state index contributed by atoms with van der Waals surface area (Å²) in [5.74, 6) is 0.0100. The van der Waals surface area contributed by atoms with E-state index in [0.717, 1.165) is 5.56 Å². The lowest BCUT2D eigenvalue weighted by Crippen LogP contribution is -2.29. The monoisotopic (exact) mass is 342 g/mol. The summed E-state index contributed by atoms with van der Waals surface area (Å²) in [4.78, 5) is 12.3. The molecule has 0 aliphatic carbocycles. The Kier molecular flexibility index (Phi) is 5.33. The molecule has 124 valence electrons. The molecule has 0 fully saturated rings. The molecule has 1 N–H and O–H groups in total. The molecular formula is C18H19ClN4O. The van der Waals surface area contributed by atoms with Gasteiger partial charge in [-0.1, -0.05) is 23.7 Å². The second-order valence-electron chi connectivity index (χ2n) is 5.52. The van der Waals surface area contributed by atoms with Crippen molar-refractivity contribution in [2.45, 2.75) is 19.0 Å². The summed E-state index contributed by atoms with van der Waals surface area (Å²) in [6.07, 6.45) is 7.91. The molecule has 0 unspecified atom stereocenters. The van der Waals surface area contributed by atoms with E-state index < -0.39 is 0 Å². The van der Waals surface area contributed by atoms with Gasteiger partial charge >= 0.3 is 0 Å². The maximum atomic E-state index is 12.3. The maximum absolute atomic E-state index is 12.3. The van der Waals surface area contributed by atoms with Gasteiger partial charge in [-0.25, -0.2) is 0 Å². The average molecular weight is 343 g/mol. The standard InChI is InChI=1S/C18H19ClN4O/c19-16-6-4-15(5-7-16)17(22-10-1-2-11-22)14-18(24)20-9-13-23-12-3-8-21-23/h1-8,10-12,17H,9,13-14H2,(H,20,24)/t17-/m0/s1. The van der Waals surface area contributed by atoms with Gasteiger partial charge in [-0.15, -0.1) is 0 Å². The SMILES string of the molecule is O=C(C[C@@H](c1ccc(Cl)cc1)n1cccc1)NCCn1cccn1. The summed E-state index contributed by atoms with van der Waals surface area (Å²) in [7, 11) is 0. The summed E-state index contributed by atoms with van der Waals surface area (Å²) in [5, 5.41) is 7.76. The smallest absolute Gasteiger partial charge is 0.222 e. The minimum atomic E-state index is -0.0537. The fourth-order valence-corrected chi connectivity index (χ4v) is 2.75. The number of carbonyl (C=O) groups is 1. The third-order valence-corrected chi connectivity index (χ3v) is 4.10. The van der Waals surface area contributed by atoms with Crippen LogP contribution in [0.15, 0.2) is 67.3 Å². The molecule has 6 heteroatoms. The van der Waals surface area contributed by atoms with Crippen molar-refractivity contribution < 1.29 is 4.79 Å². The molecule has 0 bridgehead atoms. The molecule has 5 nitrogen and oxygen atoms in total. The zero-order valence-corrected chi connectivity index (χ0v) is 13.9. The molecule has 1 atom stereocenters. The van der Waals surface area contributed by atoms with Crippen LogP contribution in [0.25, 0.3) is 0 Å². The molecule has 3 aromatic rings. The number of carbonyl (C=O) groups excluding carboxylic acids is 1. The Balaban J connectivity index is 1.63. The van der Waals surface area contributed by atoms with Crippen molar-refractivity contribution >= 4 is 17.5 Å². The number of aromatic nitrogens is 3. The highest BCUT2D eigenvalue weighted by molar-refractivity contribution is 6.30. The quantitative estimate of drug-likeness (QED) is 0.717. The molecule has 0 spiro atoms. The summed E-state index contributed by atoms with van der Waals surface area (Å²) in [6, 6.07) is 13.4. The van der Waals surface area contributed by atoms with Crippen LogP contribution in [-0.2, 0) is 11.3 Å². The lowest BCUT2D eigenvalue weighted by molar-refractivity contribution is -0.121. The normalized spacial score (nSPS) is 12.0. The number of rotatable bonds is 7. The van der Waals surface area contributed by atoms with Gasteiger partial charge in [-0.05, 0) is 35.9 Å². The summed E-state index contributed by atoms with van der Waals surface area (Å²) in [6.45, 7) is 1.22. The van der Waals surface area contributed by atoms with Gasteiger partial charge in [-0.2, -0.15) is 5.10 Å². The third-order valence-electron chi connectivity index (χ3n) is 3.84. The van der Waals surface area contributed by atoms with Crippen molar-refractivity contribution in [1.82, 2.24) is 19.7 Å². The van der Waals surface area contributed by atoms with E-state index in [1.54, 1.807) is 10.9 Å². The van der Waals surface area contributed by atoms with Crippen molar-refractivity contribution in [3.8, 4) is 0 Å². The van der Waals surface area contributed by atoms with Crippen molar-refractivity contribution in [2.24, 2.45) is 0 Å². The van der Waals surface area contributed by atoms with Crippen LogP contribution in [0.1, 0.15) is 18.0 Å². The molecule has 0 saturated carbocycles. The molecule has 2 heterocycles. The van der Waals surface area contributed by atoms with E-state index in [1.807, 2.05) is 65.6 Å². The Labute approximate surface area is 145 Å². The van der Waals surface area contributed by atoms with Crippen molar-refractivity contribution in [3.63, 3.8) is 0 Å². The van der Waals surface area contributed by atoms with Gasteiger partial charge in [0.1, 0.15) is 0 Å². The van der Waals surface area contributed by atoms with Crippen LogP contribution in [0.2, 0.25) is 5.02 Å². The highest BCUT2D eigenvalue weighted by atomic mass is 35.5. The first kappa shape index (κ1) is 16.3. The van der Waals surface area contributed by atoms with E-state index in [0.29, 0.717) is 24.5 Å². The fourth-order valence-electron chi connectivity index (χ4n) is 2.63. The van der Waals surface area contributed by atoms with Gasteiger partial charge in [0.2, 0.25) is 5.91 Å². The van der Waals surface area contributed by atoms with Crippen LogP contribution in [0.4, 0.5) is 0 Å². The van der Waals surface area contributed by atoms with E-state index in [2.05, 4.69) is 10.4 Å². The molecule has 3 rings (SSSR count). The van der Waals surface area contributed by atoms with E-state index in [9.17, 15) is 4.79 Å². The fraction of sp³-hybridized carbons (Fsp3) is 0.222. The van der Waals surface area contributed by atoms with E-state index in [4.69, 9.17) is 11.6 Å². The first-order chi connectivity index (χ1) is 11.7. The molecular weight excluding hydrogens is 324 g/mol. The van der Waals surface area contributed by atoms with Crippen LogP contribution >= 0.6 is 11.6 Å².